The van der Waals surface area contributed by atoms with Crippen LogP contribution in [-0.4, -0.2) is 9.38 Å². The van der Waals surface area contributed by atoms with Crippen molar-refractivity contribution in [2.75, 3.05) is 0 Å². The summed E-state index contributed by atoms with van der Waals surface area (Å²) >= 11 is 6.02. The lowest BCUT2D eigenvalue weighted by Crippen LogP contribution is -2.07. The van der Waals surface area contributed by atoms with Crippen LogP contribution in [0.3, 0.4) is 0 Å². The van der Waals surface area contributed by atoms with Gasteiger partial charge >= 0.3 is 6.18 Å². The lowest BCUT2D eigenvalue weighted by atomic mass is 10.1. The molecule has 3 nitrogen and oxygen atoms in total. The van der Waals surface area contributed by atoms with Gasteiger partial charge in [0.05, 0.1) is 29.4 Å². The molecule has 0 bridgehead atoms. The minimum atomic E-state index is -4.46. The van der Waals surface area contributed by atoms with Crippen LogP contribution in [0.1, 0.15) is 16.8 Å². The molecule has 0 radical (unpaired) electrons. The minimum absolute atomic E-state index is 0.0561. The molecule has 0 spiro atoms. The predicted octanol–water partition coefficient (Wildman–Crippen LogP) is 5.05. The molecule has 0 N–H and O–H groups in total. The third-order valence-corrected chi connectivity index (χ3v) is 4.15. The first kappa shape index (κ1) is 16.3. The van der Waals surface area contributed by atoms with Crippen LogP contribution in [0.25, 0.3) is 16.9 Å². The first-order valence-corrected chi connectivity index (χ1v) is 7.40. The maximum absolute atomic E-state index is 12.9. The summed E-state index contributed by atoms with van der Waals surface area (Å²) in [5.74, 6) is 0. The van der Waals surface area contributed by atoms with Crippen LogP contribution in [0.2, 0.25) is 5.02 Å². The zero-order chi connectivity index (χ0) is 17.5. The second-order valence-corrected chi connectivity index (χ2v) is 5.76. The van der Waals surface area contributed by atoms with Crippen LogP contribution >= 0.6 is 11.6 Å². The summed E-state index contributed by atoms with van der Waals surface area (Å²) in [6.07, 6.45) is -3.54. The number of benzene rings is 1. The summed E-state index contributed by atoms with van der Waals surface area (Å²) in [4.78, 5) is 4.40. The van der Waals surface area contributed by atoms with Gasteiger partial charge in [-0.3, -0.25) is 0 Å². The van der Waals surface area contributed by atoms with Gasteiger partial charge in [0.25, 0.3) is 0 Å². The maximum Gasteiger partial charge on any atom is 0.417 e. The predicted molar refractivity (Wildman–Crippen MR) is 84.7 cm³/mol. The highest BCUT2D eigenvalue weighted by Gasteiger charge is 2.31. The van der Waals surface area contributed by atoms with Crippen LogP contribution in [0.5, 0.6) is 0 Å². The van der Waals surface area contributed by atoms with Crippen molar-refractivity contribution < 1.29 is 13.2 Å². The fraction of sp³-hybridized carbons (Fsp3) is 0.176. The van der Waals surface area contributed by atoms with Crippen molar-refractivity contribution in [3.63, 3.8) is 0 Å². The summed E-state index contributed by atoms with van der Waals surface area (Å²) < 4.78 is 40.2. The van der Waals surface area contributed by atoms with Crippen molar-refractivity contribution in [2.24, 2.45) is 0 Å². The van der Waals surface area contributed by atoms with Gasteiger partial charge in [0, 0.05) is 16.8 Å². The van der Waals surface area contributed by atoms with Gasteiger partial charge in [-0.2, -0.15) is 18.4 Å². The standard InChI is InChI=1S/C17H11ClF3N3/c1-10-8-11(2-4-13(10)18)16-14(6-7-22)24-9-12(17(19,20)21)3-5-15(24)23-16/h2-5,8-9H,6H2,1H3. The number of rotatable bonds is 2. The molecular weight excluding hydrogens is 339 g/mol. The number of pyridine rings is 1. The van der Waals surface area contributed by atoms with E-state index in [1.165, 1.54) is 10.5 Å². The molecule has 7 heteroatoms. The van der Waals surface area contributed by atoms with Crippen LogP contribution in [0.4, 0.5) is 13.2 Å². The van der Waals surface area contributed by atoms with E-state index in [4.69, 9.17) is 16.9 Å². The molecule has 2 aromatic heterocycles. The van der Waals surface area contributed by atoms with Crippen LogP contribution in [0, 0.1) is 18.3 Å². The van der Waals surface area contributed by atoms with Crippen LogP contribution < -0.4 is 0 Å². The SMILES string of the molecule is Cc1cc(-c2nc3ccc(C(F)(F)F)cn3c2CC#N)ccc1Cl. The summed E-state index contributed by atoms with van der Waals surface area (Å²) in [6, 6.07) is 9.51. The van der Waals surface area contributed by atoms with E-state index in [9.17, 15) is 13.2 Å². The largest absolute Gasteiger partial charge is 0.417 e. The van der Waals surface area contributed by atoms with E-state index in [0.29, 0.717) is 27.6 Å². The van der Waals surface area contributed by atoms with Crippen LogP contribution in [0.15, 0.2) is 36.5 Å². The van der Waals surface area contributed by atoms with E-state index in [0.717, 1.165) is 17.8 Å². The lowest BCUT2D eigenvalue weighted by Gasteiger charge is -2.08. The number of aromatic nitrogens is 2. The summed E-state index contributed by atoms with van der Waals surface area (Å²) in [5.41, 5.74) is 2.00. The number of nitrogens with zero attached hydrogens (tertiary/aromatic N) is 3. The minimum Gasteiger partial charge on any atom is -0.302 e. The molecule has 3 rings (SSSR count). The number of nitriles is 1. The lowest BCUT2D eigenvalue weighted by molar-refractivity contribution is -0.137. The second kappa shape index (κ2) is 5.84. The third kappa shape index (κ3) is 2.83. The quantitative estimate of drug-likeness (QED) is 0.649. The Morgan fingerprint density at radius 2 is 2.00 bits per heavy atom. The van der Waals surface area contributed by atoms with Gasteiger partial charge in [0.15, 0.2) is 0 Å². The zero-order valence-corrected chi connectivity index (χ0v) is 13.3. The number of alkyl halides is 3. The van der Waals surface area contributed by atoms with E-state index in [1.54, 1.807) is 18.2 Å². The second-order valence-electron chi connectivity index (χ2n) is 5.35. The van der Waals surface area contributed by atoms with Gasteiger partial charge in [-0.05, 0) is 36.8 Å². The molecule has 0 aliphatic heterocycles. The Bertz CT molecular complexity index is 968. The summed E-state index contributed by atoms with van der Waals surface area (Å²) in [5, 5.41) is 9.65. The van der Waals surface area contributed by atoms with Crippen molar-refractivity contribution in [1.82, 2.24) is 9.38 Å². The Morgan fingerprint density at radius 3 is 2.62 bits per heavy atom. The molecule has 0 saturated heterocycles. The van der Waals surface area contributed by atoms with E-state index < -0.39 is 11.7 Å². The molecule has 0 aliphatic carbocycles. The van der Waals surface area contributed by atoms with Crippen molar-refractivity contribution in [3.05, 3.63) is 58.4 Å². The van der Waals surface area contributed by atoms with E-state index >= 15 is 0 Å². The fourth-order valence-electron chi connectivity index (χ4n) is 2.53. The Kier molecular flexibility index (Phi) is 3.98. The summed E-state index contributed by atoms with van der Waals surface area (Å²) in [6.45, 7) is 1.83. The number of hydrogen-bond donors (Lipinski definition) is 0. The average Bonchev–Trinajstić information content (AvgIpc) is 2.88. The number of imidazole rings is 1. The summed E-state index contributed by atoms with van der Waals surface area (Å²) in [7, 11) is 0. The molecule has 3 aromatic rings. The number of aryl methyl sites for hydroxylation is 1. The first-order chi connectivity index (χ1) is 11.3. The maximum atomic E-state index is 12.9. The van der Waals surface area contributed by atoms with E-state index in [2.05, 4.69) is 4.98 Å². The van der Waals surface area contributed by atoms with Gasteiger partial charge < -0.3 is 4.40 Å². The van der Waals surface area contributed by atoms with Gasteiger partial charge in [-0.1, -0.05) is 17.7 Å². The van der Waals surface area contributed by atoms with Crippen LogP contribution in [-0.2, 0) is 12.6 Å². The molecule has 0 saturated carbocycles. The molecule has 0 unspecified atom stereocenters. The third-order valence-electron chi connectivity index (χ3n) is 3.72. The molecule has 1 aromatic carbocycles. The highest BCUT2D eigenvalue weighted by molar-refractivity contribution is 6.31. The van der Waals surface area contributed by atoms with Gasteiger partial charge in [-0.15, -0.1) is 0 Å². The van der Waals surface area contributed by atoms with E-state index in [-0.39, 0.29) is 6.42 Å². The highest BCUT2D eigenvalue weighted by Crippen LogP contribution is 2.32. The Labute approximate surface area is 140 Å². The zero-order valence-electron chi connectivity index (χ0n) is 12.5. The molecule has 0 atom stereocenters. The van der Waals surface area contributed by atoms with E-state index in [1.807, 2.05) is 13.0 Å². The topological polar surface area (TPSA) is 41.1 Å². The van der Waals surface area contributed by atoms with Crippen molar-refractivity contribution in [3.8, 4) is 17.3 Å². The molecule has 24 heavy (non-hydrogen) atoms. The molecule has 0 fully saturated rings. The molecule has 122 valence electrons. The van der Waals surface area contributed by atoms with Crippen molar-refractivity contribution in [2.45, 2.75) is 19.5 Å². The van der Waals surface area contributed by atoms with Gasteiger partial charge in [-0.25, -0.2) is 4.98 Å². The Hall–Kier alpha value is -2.52. The molecule has 2 heterocycles. The Morgan fingerprint density at radius 1 is 1.25 bits per heavy atom. The van der Waals surface area contributed by atoms with Crippen molar-refractivity contribution >= 4 is 17.2 Å². The average molecular weight is 350 g/mol. The number of hydrogen-bond acceptors (Lipinski definition) is 2. The number of halogens is 4. The van der Waals surface area contributed by atoms with Crippen molar-refractivity contribution in [1.29, 1.82) is 5.26 Å². The first-order valence-electron chi connectivity index (χ1n) is 7.03. The molecule has 0 aliphatic rings. The molecular formula is C17H11ClF3N3. The fourth-order valence-corrected chi connectivity index (χ4v) is 2.65. The number of fused-ring (bicyclic) bond motifs is 1. The van der Waals surface area contributed by atoms with Gasteiger partial charge in [0.1, 0.15) is 5.65 Å². The normalized spacial score (nSPS) is 11.7. The Balaban J connectivity index is 2.26. The monoisotopic (exact) mass is 349 g/mol. The highest BCUT2D eigenvalue weighted by atomic mass is 35.5. The molecule has 0 amide bonds. The van der Waals surface area contributed by atoms with Gasteiger partial charge in [0.2, 0.25) is 0 Å². The smallest absolute Gasteiger partial charge is 0.302 e.